The third-order valence-corrected chi connectivity index (χ3v) is 12.2. The minimum Gasteiger partial charge on any atom is -0.487 e. The zero-order chi connectivity index (χ0) is 37.0. The summed E-state index contributed by atoms with van der Waals surface area (Å²) in [6.07, 6.45) is 5.74. The number of nitro groups is 1. The number of piperazine rings is 1. The van der Waals surface area contributed by atoms with Gasteiger partial charge in [-0.15, -0.1) is 0 Å². The number of allylic oxidation sites excluding steroid dienone is 1. The summed E-state index contributed by atoms with van der Waals surface area (Å²) in [5.74, 6) is -0.733. The molecule has 0 unspecified atom stereocenters. The van der Waals surface area contributed by atoms with Gasteiger partial charge in [0, 0.05) is 55.1 Å². The standard InChI is InChI=1S/C39H47ClN4O7S/c1-39(2)18-17-30(35(24-39)28-5-9-31(40)10-6-28)25-42-19-21-43(22-20-42)32-11-7-29(8-12-32)38(46)41-52(49,50)34-15-16-37(36(23-34)44(47)48)51-26-27-3-13-33(45)14-4-27/h5-12,15-16,23,27,33,45H,3-4,13-14,17-22,24-26H2,1-2H3,(H,41,46). The smallest absolute Gasteiger partial charge is 0.312 e. The van der Waals surface area contributed by atoms with Gasteiger partial charge in [0.1, 0.15) is 0 Å². The third-order valence-electron chi connectivity index (χ3n) is 10.6. The average Bonchev–Trinajstić information content (AvgIpc) is 3.12. The van der Waals surface area contributed by atoms with Gasteiger partial charge in [0.25, 0.3) is 15.9 Å². The number of sulfonamides is 1. The second-order valence-corrected chi connectivity index (χ2v) is 17.2. The van der Waals surface area contributed by atoms with Gasteiger partial charge in [-0.25, -0.2) is 13.1 Å². The van der Waals surface area contributed by atoms with E-state index in [-0.39, 0.29) is 35.4 Å². The van der Waals surface area contributed by atoms with Crippen molar-refractivity contribution in [2.75, 3.05) is 44.2 Å². The second-order valence-electron chi connectivity index (χ2n) is 15.0. The molecule has 13 heteroatoms. The number of carbonyl (C=O) groups excluding carboxylic acids is 1. The summed E-state index contributed by atoms with van der Waals surface area (Å²) in [6.45, 7) is 9.24. The number of rotatable bonds is 11. The van der Waals surface area contributed by atoms with Crippen LogP contribution in [0.15, 0.2) is 77.2 Å². The van der Waals surface area contributed by atoms with Crippen LogP contribution in [-0.4, -0.2) is 74.7 Å². The lowest BCUT2D eigenvalue weighted by Crippen LogP contribution is -2.47. The maximum absolute atomic E-state index is 13.1. The number of hydrogen-bond acceptors (Lipinski definition) is 9. The summed E-state index contributed by atoms with van der Waals surface area (Å²) in [7, 11) is -4.41. The Kier molecular flexibility index (Phi) is 11.6. The third kappa shape index (κ3) is 9.33. The SMILES string of the molecule is CC1(C)CCC(CN2CCN(c3ccc(C(=O)NS(=O)(=O)c4ccc(OCC5CCC(O)CC5)c([N+](=O)[O-])c4)cc3)CC2)=C(c2ccc(Cl)cc2)C1. The Labute approximate surface area is 310 Å². The first-order valence-corrected chi connectivity index (χ1v) is 19.8. The Hall–Kier alpha value is -3.97. The number of carbonyl (C=O) groups is 1. The van der Waals surface area contributed by atoms with Crippen LogP contribution in [0.2, 0.25) is 5.02 Å². The number of nitrogens with one attached hydrogen (secondary N) is 1. The molecule has 0 radical (unpaired) electrons. The number of aliphatic hydroxyl groups excluding tert-OH is 1. The number of nitro benzene ring substituents is 1. The van der Waals surface area contributed by atoms with Crippen LogP contribution in [0.4, 0.5) is 11.4 Å². The first-order valence-electron chi connectivity index (χ1n) is 18.0. The van der Waals surface area contributed by atoms with E-state index >= 15 is 0 Å². The highest BCUT2D eigenvalue weighted by atomic mass is 35.5. The van der Waals surface area contributed by atoms with E-state index in [0.29, 0.717) is 12.8 Å². The molecule has 1 aliphatic heterocycles. The summed E-state index contributed by atoms with van der Waals surface area (Å²) in [5.41, 5.74) is 5.03. The van der Waals surface area contributed by atoms with Crippen LogP contribution in [0.1, 0.15) is 74.7 Å². The average molecular weight is 751 g/mol. The van der Waals surface area contributed by atoms with Gasteiger partial charge in [0.2, 0.25) is 0 Å². The lowest BCUT2D eigenvalue weighted by molar-refractivity contribution is -0.386. The van der Waals surface area contributed by atoms with Crippen molar-refractivity contribution in [3.05, 3.63) is 98.6 Å². The van der Waals surface area contributed by atoms with Crippen molar-refractivity contribution >= 4 is 44.5 Å². The summed E-state index contributed by atoms with van der Waals surface area (Å²) >= 11 is 6.18. The number of aliphatic hydroxyl groups is 1. The minimum atomic E-state index is -4.41. The normalized spacial score (nSPS) is 21.1. The molecule has 3 aliphatic rings. The van der Waals surface area contributed by atoms with Gasteiger partial charge in [-0.05, 0) is 116 Å². The van der Waals surface area contributed by atoms with E-state index in [4.69, 9.17) is 16.3 Å². The molecule has 0 spiro atoms. The fourth-order valence-corrected chi connectivity index (χ4v) is 8.53. The van der Waals surface area contributed by atoms with Gasteiger partial charge < -0.3 is 14.7 Å². The van der Waals surface area contributed by atoms with Crippen molar-refractivity contribution in [3.8, 4) is 5.75 Å². The number of benzene rings is 3. The predicted octanol–water partition coefficient (Wildman–Crippen LogP) is 7.08. The quantitative estimate of drug-likeness (QED) is 0.155. The molecule has 6 rings (SSSR count). The fourth-order valence-electron chi connectivity index (χ4n) is 7.41. The molecular formula is C39H47ClN4O7S. The molecule has 0 bridgehead atoms. The topological polar surface area (TPSA) is 142 Å². The van der Waals surface area contributed by atoms with Crippen LogP contribution in [0, 0.1) is 21.4 Å². The molecular weight excluding hydrogens is 704 g/mol. The van der Waals surface area contributed by atoms with E-state index in [2.05, 4.69) is 35.8 Å². The van der Waals surface area contributed by atoms with Crippen molar-refractivity contribution in [1.29, 1.82) is 0 Å². The Morgan fingerprint density at radius 1 is 1.00 bits per heavy atom. The lowest BCUT2D eigenvalue weighted by atomic mass is 9.72. The lowest BCUT2D eigenvalue weighted by Gasteiger charge is -2.39. The predicted molar refractivity (Wildman–Crippen MR) is 202 cm³/mol. The van der Waals surface area contributed by atoms with Crippen molar-refractivity contribution in [2.24, 2.45) is 11.3 Å². The van der Waals surface area contributed by atoms with Crippen LogP contribution in [0.25, 0.3) is 5.57 Å². The summed E-state index contributed by atoms with van der Waals surface area (Å²) in [6, 6.07) is 18.3. The zero-order valence-electron chi connectivity index (χ0n) is 29.7. The molecule has 2 fully saturated rings. The zero-order valence-corrected chi connectivity index (χ0v) is 31.3. The first kappa shape index (κ1) is 37.8. The van der Waals surface area contributed by atoms with E-state index in [1.54, 1.807) is 12.1 Å². The number of halogens is 1. The van der Waals surface area contributed by atoms with Crippen molar-refractivity contribution in [2.45, 2.75) is 69.8 Å². The Morgan fingerprint density at radius 3 is 2.33 bits per heavy atom. The Morgan fingerprint density at radius 2 is 1.67 bits per heavy atom. The monoisotopic (exact) mass is 750 g/mol. The molecule has 3 aromatic carbocycles. The molecule has 2 N–H and O–H groups in total. The number of amides is 1. The van der Waals surface area contributed by atoms with Gasteiger partial charge in [-0.1, -0.05) is 43.2 Å². The largest absolute Gasteiger partial charge is 0.487 e. The highest BCUT2D eigenvalue weighted by Gasteiger charge is 2.30. The van der Waals surface area contributed by atoms with Gasteiger partial charge in [-0.3, -0.25) is 19.8 Å². The van der Waals surface area contributed by atoms with Crippen molar-refractivity contribution in [3.63, 3.8) is 0 Å². The molecule has 11 nitrogen and oxygen atoms in total. The van der Waals surface area contributed by atoms with Crippen LogP contribution in [0.5, 0.6) is 5.75 Å². The summed E-state index contributed by atoms with van der Waals surface area (Å²) in [4.78, 5) is 28.5. The molecule has 1 saturated carbocycles. The molecule has 2 aliphatic carbocycles. The van der Waals surface area contributed by atoms with Crippen LogP contribution >= 0.6 is 11.6 Å². The number of anilines is 1. The molecule has 278 valence electrons. The fraction of sp³-hybridized carbons (Fsp3) is 0.462. The minimum absolute atomic E-state index is 0.0457. The molecule has 1 saturated heterocycles. The van der Waals surface area contributed by atoms with Crippen molar-refractivity contribution < 1.29 is 28.0 Å². The highest BCUT2D eigenvalue weighted by molar-refractivity contribution is 7.90. The van der Waals surface area contributed by atoms with E-state index in [1.807, 2.05) is 29.0 Å². The number of nitrogens with zero attached hydrogens (tertiary/aromatic N) is 3. The number of hydrogen-bond donors (Lipinski definition) is 2. The van der Waals surface area contributed by atoms with E-state index in [1.165, 1.54) is 28.8 Å². The van der Waals surface area contributed by atoms with E-state index in [0.717, 1.165) is 81.6 Å². The molecule has 52 heavy (non-hydrogen) atoms. The Balaban J connectivity index is 1.04. The molecule has 1 heterocycles. The van der Waals surface area contributed by atoms with Crippen molar-refractivity contribution in [1.82, 2.24) is 9.62 Å². The van der Waals surface area contributed by atoms with Gasteiger partial charge in [0.15, 0.2) is 5.75 Å². The maximum atomic E-state index is 13.1. The molecule has 0 aromatic heterocycles. The second kappa shape index (κ2) is 16.0. The van der Waals surface area contributed by atoms with Gasteiger partial charge >= 0.3 is 5.69 Å². The van der Waals surface area contributed by atoms with Gasteiger partial charge in [0.05, 0.1) is 22.5 Å². The molecule has 3 aromatic rings. The Bertz CT molecular complexity index is 1900. The van der Waals surface area contributed by atoms with E-state index in [9.17, 15) is 28.4 Å². The van der Waals surface area contributed by atoms with E-state index < -0.39 is 31.4 Å². The van der Waals surface area contributed by atoms with Crippen LogP contribution in [0.3, 0.4) is 0 Å². The number of ether oxygens (including phenoxy) is 1. The summed E-state index contributed by atoms with van der Waals surface area (Å²) in [5, 5.41) is 22.3. The van der Waals surface area contributed by atoms with Crippen LogP contribution in [-0.2, 0) is 10.0 Å². The summed E-state index contributed by atoms with van der Waals surface area (Å²) < 4.78 is 34.0. The first-order chi connectivity index (χ1) is 24.8. The maximum Gasteiger partial charge on any atom is 0.312 e. The van der Waals surface area contributed by atoms with Gasteiger partial charge in [-0.2, -0.15) is 0 Å². The molecule has 0 atom stereocenters. The van der Waals surface area contributed by atoms with Crippen LogP contribution < -0.4 is 14.4 Å². The molecule has 1 amide bonds. The highest BCUT2D eigenvalue weighted by Crippen LogP contribution is 2.43.